The molecule has 0 amide bonds. The summed E-state index contributed by atoms with van der Waals surface area (Å²) < 4.78 is 12.6. The summed E-state index contributed by atoms with van der Waals surface area (Å²) >= 11 is 8.38. The first-order valence-electron chi connectivity index (χ1n) is 3.16. The fourth-order valence-electron chi connectivity index (χ4n) is 0.398. The Kier molecular flexibility index (Phi) is 5.42. The van der Waals surface area contributed by atoms with E-state index >= 15 is 0 Å². The molecule has 0 aliphatic heterocycles. The highest BCUT2D eigenvalue weighted by Crippen LogP contribution is 2.16. The first kappa shape index (κ1) is 10.8. The smallest absolute Gasteiger partial charge is 0.226 e. The Morgan fingerprint density at radius 3 is 2.45 bits per heavy atom. The van der Waals surface area contributed by atoms with Crippen molar-refractivity contribution >= 4 is 27.5 Å². The number of halogens is 3. The van der Waals surface area contributed by atoms with Crippen LogP contribution in [-0.4, -0.2) is 4.98 Å². The zero-order chi connectivity index (χ0) is 8.85. The second-order valence-corrected chi connectivity index (χ2v) is 2.72. The fraction of sp³-hybridized carbons (Fsp3) is 0.286. The van der Waals surface area contributed by atoms with Crippen molar-refractivity contribution in [3.05, 3.63) is 27.7 Å². The van der Waals surface area contributed by atoms with Gasteiger partial charge in [-0.25, -0.2) is 4.98 Å². The number of rotatable bonds is 0. The van der Waals surface area contributed by atoms with Gasteiger partial charge in [0.15, 0.2) is 0 Å². The summed E-state index contributed by atoms with van der Waals surface area (Å²) in [5.41, 5.74) is 0. The summed E-state index contributed by atoms with van der Waals surface area (Å²) in [5.74, 6) is -0.542. The molecule has 0 atom stereocenters. The lowest BCUT2D eigenvalue weighted by Crippen LogP contribution is -1.81. The Balaban J connectivity index is 0.000000461. The predicted octanol–water partition coefficient (Wildman–Crippen LogP) is 3.66. The SMILES string of the molecule is CC.Fc1ncc(Cl)cc1Br. The molecule has 0 saturated heterocycles. The van der Waals surface area contributed by atoms with Crippen LogP contribution in [-0.2, 0) is 0 Å². The van der Waals surface area contributed by atoms with Gasteiger partial charge in [-0.1, -0.05) is 25.4 Å². The monoisotopic (exact) mass is 239 g/mol. The quantitative estimate of drug-likeness (QED) is 0.631. The molecule has 0 fully saturated rings. The second kappa shape index (κ2) is 5.49. The minimum Gasteiger partial charge on any atom is -0.226 e. The molecule has 0 bridgehead atoms. The lowest BCUT2D eigenvalue weighted by atomic mass is 10.5. The molecule has 0 spiro atoms. The summed E-state index contributed by atoms with van der Waals surface area (Å²) in [5, 5.41) is 0.420. The molecule has 11 heavy (non-hydrogen) atoms. The van der Waals surface area contributed by atoms with E-state index in [1.165, 1.54) is 12.3 Å². The highest BCUT2D eigenvalue weighted by Gasteiger charge is 1.98. The van der Waals surface area contributed by atoms with E-state index in [1.54, 1.807) is 0 Å². The van der Waals surface area contributed by atoms with E-state index in [4.69, 9.17) is 11.6 Å². The largest absolute Gasteiger partial charge is 0.227 e. The average Bonchev–Trinajstić information content (AvgIpc) is 2.02. The summed E-state index contributed by atoms with van der Waals surface area (Å²) in [6.07, 6.45) is 1.25. The molecular formula is C7H8BrClFN. The number of pyridine rings is 1. The minimum atomic E-state index is -0.542. The van der Waals surface area contributed by atoms with Gasteiger partial charge >= 0.3 is 0 Å². The lowest BCUT2D eigenvalue weighted by molar-refractivity contribution is 0.577. The molecule has 0 aliphatic carbocycles. The summed E-state index contributed by atoms with van der Waals surface area (Å²) in [4.78, 5) is 3.33. The van der Waals surface area contributed by atoms with Gasteiger partial charge in [-0.15, -0.1) is 0 Å². The molecule has 0 aromatic carbocycles. The second-order valence-electron chi connectivity index (χ2n) is 1.43. The van der Waals surface area contributed by atoms with Crippen molar-refractivity contribution in [1.82, 2.24) is 4.98 Å². The van der Waals surface area contributed by atoms with E-state index < -0.39 is 5.95 Å². The van der Waals surface area contributed by atoms with E-state index in [1.807, 2.05) is 13.8 Å². The van der Waals surface area contributed by atoms with E-state index in [0.29, 0.717) is 5.02 Å². The van der Waals surface area contributed by atoms with Gasteiger partial charge in [-0.3, -0.25) is 0 Å². The molecule has 0 aliphatic rings. The first-order valence-corrected chi connectivity index (χ1v) is 4.34. The van der Waals surface area contributed by atoms with E-state index in [9.17, 15) is 4.39 Å². The molecule has 1 rings (SSSR count). The van der Waals surface area contributed by atoms with E-state index in [0.717, 1.165) is 0 Å². The van der Waals surface area contributed by atoms with Gasteiger partial charge in [0.1, 0.15) is 0 Å². The summed E-state index contributed by atoms with van der Waals surface area (Å²) in [6, 6.07) is 1.45. The lowest BCUT2D eigenvalue weighted by Gasteiger charge is -1.90. The Bertz CT molecular complexity index is 230. The van der Waals surface area contributed by atoms with Gasteiger partial charge in [0, 0.05) is 6.20 Å². The Morgan fingerprint density at radius 2 is 2.09 bits per heavy atom. The van der Waals surface area contributed by atoms with Crippen molar-refractivity contribution in [3.63, 3.8) is 0 Å². The molecule has 0 radical (unpaired) electrons. The third-order valence-electron chi connectivity index (χ3n) is 0.763. The molecule has 0 N–H and O–H groups in total. The van der Waals surface area contributed by atoms with Crippen LogP contribution >= 0.6 is 27.5 Å². The van der Waals surface area contributed by atoms with Crippen LogP contribution in [0.2, 0.25) is 5.02 Å². The van der Waals surface area contributed by atoms with Crippen LogP contribution in [0.4, 0.5) is 4.39 Å². The van der Waals surface area contributed by atoms with Gasteiger partial charge in [-0.2, -0.15) is 4.39 Å². The van der Waals surface area contributed by atoms with Crippen molar-refractivity contribution in [2.75, 3.05) is 0 Å². The molecular weight excluding hydrogens is 232 g/mol. The van der Waals surface area contributed by atoms with Crippen molar-refractivity contribution < 1.29 is 4.39 Å². The molecule has 1 aromatic rings. The van der Waals surface area contributed by atoms with Gasteiger partial charge in [-0.05, 0) is 22.0 Å². The maximum Gasteiger partial charge on any atom is 0.227 e. The van der Waals surface area contributed by atoms with Crippen molar-refractivity contribution in [2.24, 2.45) is 0 Å². The number of nitrogens with zero attached hydrogens (tertiary/aromatic N) is 1. The van der Waals surface area contributed by atoms with Crippen molar-refractivity contribution in [1.29, 1.82) is 0 Å². The number of aromatic nitrogens is 1. The minimum absolute atomic E-state index is 0.287. The van der Waals surface area contributed by atoms with Gasteiger partial charge in [0.2, 0.25) is 5.95 Å². The van der Waals surface area contributed by atoms with Crippen LogP contribution in [0.1, 0.15) is 13.8 Å². The molecule has 0 unspecified atom stereocenters. The van der Waals surface area contributed by atoms with Crippen LogP contribution in [0.15, 0.2) is 16.7 Å². The zero-order valence-corrected chi connectivity index (χ0v) is 8.58. The van der Waals surface area contributed by atoms with Crippen LogP contribution in [0, 0.1) is 5.95 Å². The normalized spacial score (nSPS) is 8.45. The van der Waals surface area contributed by atoms with Crippen LogP contribution in [0.5, 0.6) is 0 Å². The van der Waals surface area contributed by atoms with Crippen molar-refractivity contribution in [3.8, 4) is 0 Å². The Hall–Kier alpha value is -0.150. The third-order valence-corrected chi connectivity index (χ3v) is 1.53. The molecule has 0 saturated carbocycles. The van der Waals surface area contributed by atoms with Crippen molar-refractivity contribution in [2.45, 2.75) is 13.8 Å². The fourth-order valence-corrected chi connectivity index (χ4v) is 1.04. The molecule has 62 valence electrons. The van der Waals surface area contributed by atoms with Gasteiger partial charge in [0.05, 0.1) is 9.50 Å². The summed E-state index contributed by atoms with van der Waals surface area (Å²) in [6.45, 7) is 4.00. The highest BCUT2D eigenvalue weighted by atomic mass is 79.9. The molecule has 1 aromatic heterocycles. The molecule has 1 heterocycles. The zero-order valence-electron chi connectivity index (χ0n) is 6.24. The average molecular weight is 241 g/mol. The van der Waals surface area contributed by atoms with Gasteiger partial charge < -0.3 is 0 Å². The topological polar surface area (TPSA) is 12.9 Å². The van der Waals surface area contributed by atoms with E-state index in [2.05, 4.69) is 20.9 Å². The third kappa shape index (κ3) is 3.68. The maximum atomic E-state index is 12.3. The van der Waals surface area contributed by atoms with Crippen LogP contribution in [0.3, 0.4) is 0 Å². The van der Waals surface area contributed by atoms with E-state index in [-0.39, 0.29) is 4.47 Å². The maximum absolute atomic E-state index is 12.3. The Morgan fingerprint density at radius 1 is 1.55 bits per heavy atom. The Labute approximate surface area is 78.7 Å². The molecule has 4 heteroatoms. The van der Waals surface area contributed by atoms with Crippen LogP contribution in [0.25, 0.3) is 0 Å². The summed E-state index contributed by atoms with van der Waals surface area (Å²) in [7, 11) is 0. The molecule has 1 nitrogen and oxygen atoms in total. The van der Waals surface area contributed by atoms with Gasteiger partial charge in [0.25, 0.3) is 0 Å². The van der Waals surface area contributed by atoms with Crippen LogP contribution < -0.4 is 0 Å². The standard InChI is InChI=1S/C5H2BrClFN.C2H6/c6-4-1-3(7)2-9-5(4)8;1-2/h1-2H;1-2H3. The first-order chi connectivity index (χ1) is 5.20. The number of hydrogen-bond acceptors (Lipinski definition) is 1. The highest BCUT2D eigenvalue weighted by molar-refractivity contribution is 9.10. The number of hydrogen-bond donors (Lipinski definition) is 0. The predicted molar refractivity (Wildman–Crippen MR) is 48.3 cm³/mol.